The smallest absolute Gasteiger partial charge is 0.223 e. The van der Waals surface area contributed by atoms with Gasteiger partial charge >= 0.3 is 0 Å². The van der Waals surface area contributed by atoms with Crippen molar-refractivity contribution in [2.24, 2.45) is 0 Å². The van der Waals surface area contributed by atoms with Crippen molar-refractivity contribution < 1.29 is 4.42 Å². The van der Waals surface area contributed by atoms with Crippen molar-refractivity contribution in [3.63, 3.8) is 0 Å². The normalized spacial score (nSPS) is 11.7. The fraction of sp³-hybridized carbons (Fsp3) is 0. The van der Waals surface area contributed by atoms with E-state index >= 15 is 0 Å². The zero-order valence-electron chi connectivity index (χ0n) is 23.6. The van der Waals surface area contributed by atoms with Crippen LogP contribution in [0.5, 0.6) is 0 Å². The number of nitrogens with zero attached hydrogens (tertiary/aromatic N) is 1. The summed E-state index contributed by atoms with van der Waals surface area (Å²) in [7, 11) is -2.86. The number of para-hydroxylation sites is 2. The van der Waals surface area contributed by atoms with Gasteiger partial charge in [-0.3, -0.25) is 0 Å². The van der Waals surface area contributed by atoms with Crippen molar-refractivity contribution >= 4 is 50.8 Å². The van der Waals surface area contributed by atoms with Gasteiger partial charge in [0, 0.05) is 22.0 Å². The molecule has 0 unspecified atom stereocenters. The van der Waals surface area contributed by atoms with Crippen LogP contribution in [0.1, 0.15) is 0 Å². The van der Waals surface area contributed by atoms with Crippen LogP contribution in [-0.2, 0) is 0 Å². The van der Waals surface area contributed by atoms with Gasteiger partial charge in [-0.1, -0.05) is 140 Å². The number of fused-ring (bicyclic) bond motifs is 3. The molecule has 0 spiro atoms. The van der Waals surface area contributed by atoms with Gasteiger partial charge in [-0.15, -0.1) is 0 Å². The molecule has 0 aliphatic carbocycles. The minimum Gasteiger partial charge on any atom is -0.465 e. The first kappa shape index (κ1) is 25.3. The van der Waals surface area contributed by atoms with E-state index in [0.717, 1.165) is 22.4 Å². The van der Waals surface area contributed by atoms with Gasteiger partial charge in [0.1, 0.15) is 5.76 Å². The quantitative estimate of drug-likeness (QED) is 0.151. The highest BCUT2D eigenvalue weighted by Crippen LogP contribution is 2.32. The lowest BCUT2D eigenvalue weighted by molar-refractivity contribution is 0.614. The van der Waals surface area contributed by atoms with E-state index in [2.05, 4.69) is 174 Å². The standard InChI is InChI=1S/C40H29NOSi/c1-5-15-30(16-6-1)39-27-28-40(42-39)43(32-19-9-3-10-20-32,33-21-11-4-12-22-33)34-25-26-38-36(29-34)35-23-13-14-24-37(35)41(38)31-17-7-2-8-18-31/h1-29H. The Hall–Kier alpha value is -5.38. The minimum absolute atomic E-state index is 0.890. The van der Waals surface area contributed by atoms with Crippen LogP contribution in [-0.4, -0.2) is 12.6 Å². The summed E-state index contributed by atoms with van der Waals surface area (Å²) in [5.74, 6) is 0.890. The summed E-state index contributed by atoms with van der Waals surface area (Å²) < 4.78 is 9.31. The van der Waals surface area contributed by atoms with Crippen LogP contribution in [0.25, 0.3) is 38.8 Å². The van der Waals surface area contributed by atoms with Crippen molar-refractivity contribution in [2.45, 2.75) is 0 Å². The van der Waals surface area contributed by atoms with Crippen LogP contribution in [0.2, 0.25) is 0 Å². The molecule has 6 aromatic carbocycles. The molecule has 8 rings (SSSR count). The highest BCUT2D eigenvalue weighted by atomic mass is 28.3. The molecule has 3 heteroatoms. The van der Waals surface area contributed by atoms with Crippen molar-refractivity contribution in [1.82, 2.24) is 4.57 Å². The molecule has 0 bridgehead atoms. The molecule has 0 aliphatic heterocycles. The second kappa shape index (κ2) is 10.5. The number of furan rings is 1. The number of benzene rings is 6. The van der Waals surface area contributed by atoms with Crippen molar-refractivity contribution in [2.75, 3.05) is 0 Å². The number of rotatable bonds is 6. The summed E-state index contributed by atoms with van der Waals surface area (Å²) in [5, 5.41) is 7.40. The van der Waals surface area contributed by atoms with Crippen LogP contribution in [0.4, 0.5) is 0 Å². The van der Waals surface area contributed by atoms with Gasteiger partial charge in [0.2, 0.25) is 8.07 Å². The van der Waals surface area contributed by atoms with Crippen LogP contribution < -0.4 is 20.9 Å². The third-order valence-corrected chi connectivity index (χ3v) is 13.2. The van der Waals surface area contributed by atoms with Gasteiger partial charge < -0.3 is 8.98 Å². The molecule has 0 amide bonds. The monoisotopic (exact) mass is 567 g/mol. The van der Waals surface area contributed by atoms with Crippen molar-refractivity contribution in [3.05, 3.63) is 176 Å². The molecule has 204 valence electrons. The maximum atomic E-state index is 6.93. The van der Waals surface area contributed by atoms with Crippen LogP contribution in [0, 0.1) is 0 Å². The zero-order chi connectivity index (χ0) is 28.6. The van der Waals surface area contributed by atoms with E-state index in [0.29, 0.717) is 0 Å². The Morgan fingerprint density at radius 2 is 0.977 bits per heavy atom. The average Bonchev–Trinajstić information content (AvgIpc) is 3.71. The largest absolute Gasteiger partial charge is 0.465 e. The van der Waals surface area contributed by atoms with Crippen molar-refractivity contribution in [3.8, 4) is 17.0 Å². The molecule has 0 aliphatic rings. The number of hydrogen-bond acceptors (Lipinski definition) is 1. The third-order valence-electron chi connectivity index (χ3n) is 8.57. The molecular weight excluding hydrogens is 539 g/mol. The van der Waals surface area contributed by atoms with Gasteiger partial charge in [0.25, 0.3) is 0 Å². The summed E-state index contributed by atoms with van der Waals surface area (Å²) in [5.41, 5.74) is 4.65. The molecule has 0 saturated heterocycles. The fourth-order valence-electron chi connectivity index (χ4n) is 6.66. The molecule has 2 nitrogen and oxygen atoms in total. The Labute approximate surface area is 252 Å². The van der Waals surface area contributed by atoms with Crippen LogP contribution >= 0.6 is 0 Å². The Kier molecular flexibility index (Phi) is 6.17. The molecule has 0 N–H and O–H groups in total. The van der Waals surface area contributed by atoms with E-state index in [4.69, 9.17) is 4.42 Å². The van der Waals surface area contributed by atoms with E-state index in [-0.39, 0.29) is 0 Å². The van der Waals surface area contributed by atoms with E-state index in [9.17, 15) is 0 Å². The number of aromatic nitrogens is 1. The highest BCUT2D eigenvalue weighted by molar-refractivity contribution is 7.19. The molecule has 2 heterocycles. The van der Waals surface area contributed by atoms with Gasteiger partial charge in [-0.25, -0.2) is 0 Å². The van der Waals surface area contributed by atoms with Gasteiger partial charge in [0.05, 0.1) is 16.4 Å². The maximum absolute atomic E-state index is 6.93. The van der Waals surface area contributed by atoms with Crippen LogP contribution in [0.15, 0.2) is 180 Å². The summed E-state index contributed by atoms with van der Waals surface area (Å²) in [6, 6.07) is 63.1. The van der Waals surface area contributed by atoms with Gasteiger partial charge in [-0.05, 0) is 52.0 Å². The van der Waals surface area contributed by atoms with Crippen LogP contribution in [0.3, 0.4) is 0 Å². The SMILES string of the molecule is c1ccc(-c2ccc([Si](c3ccccc3)(c3ccccc3)c3ccc4c(c3)c3ccccc3n4-c3ccccc3)o2)cc1. The lowest BCUT2D eigenvalue weighted by Crippen LogP contribution is -2.74. The molecule has 0 saturated carbocycles. The Bertz CT molecular complexity index is 2130. The molecule has 0 radical (unpaired) electrons. The summed E-state index contributed by atoms with van der Waals surface area (Å²) in [6.07, 6.45) is 0. The Balaban J connectivity index is 1.46. The maximum Gasteiger partial charge on any atom is 0.223 e. The second-order valence-electron chi connectivity index (χ2n) is 10.9. The molecular formula is C40H29NOSi. The minimum atomic E-state index is -2.86. The predicted molar refractivity (Wildman–Crippen MR) is 182 cm³/mol. The molecule has 0 atom stereocenters. The van der Waals surface area contributed by atoms with Gasteiger partial charge in [0.15, 0.2) is 0 Å². The molecule has 0 fully saturated rings. The predicted octanol–water partition coefficient (Wildman–Crippen LogP) is 7.42. The number of hydrogen-bond donors (Lipinski definition) is 0. The Morgan fingerprint density at radius 3 is 1.65 bits per heavy atom. The van der Waals surface area contributed by atoms with E-state index in [1.54, 1.807) is 0 Å². The second-order valence-corrected chi connectivity index (χ2v) is 14.7. The third kappa shape index (κ3) is 4.09. The van der Waals surface area contributed by atoms with Gasteiger partial charge in [-0.2, -0.15) is 0 Å². The molecule has 8 aromatic rings. The lowest BCUT2D eigenvalue weighted by atomic mass is 10.1. The highest BCUT2D eigenvalue weighted by Gasteiger charge is 2.45. The molecule has 43 heavy (non-hydrogen) atoms. The average molecular weight is 568 g/mol. The Morgan fingerprint density at radius 1 is 0.419 bits per heavy atom. The zero-order valence-corrected chi connectivity index (χ0v) is 24.6. The van der Waals surface area contributed by atoms with E-state index < -0.39 is 8.07 Å². The summed E-state index contributed by atoms with van der Waals surface area (Å²) in [6.45, 7) is 0. The van der Waals surface area contributed by atoms with Crippen molar-refractivity contribution in [1.29, 1.82) is 0 Å². The first-order valence-corrected chi connectivity index (χ1v) is 16.7. The van der Waals surface area contributed by atoms with E-state index in [1.807, 2.05) is 6.07 Å². The van der Waals surface area contributed by atoms with E-state index in [1.165, 1.54) is 37.4 Å². The summed E-state index contributed by atoms with van der Waals surface area (Å²) >= 11 is 0. The lowest BCUT2D eigenvalue weighted by Gasteiger charge is -2.31. The first-order chi connectivity index (χ1) is 21.3. The summed E-state index contributed by atoms with van der Waals surface area (Å²) in [4.78, 5) is 0. The first-order valence-electron chi connectivity index (χ1n) is 14.7. The fourth-order valence-corrected chi connectivity index (χ4v) is 11.2. The topological polar surface area (TPSA) is 18.1 Å². The molecule has 2 aromatic heterocycles.